The molecule has 0 aromatic rings. The number of quaternary nitrogens is 1. The molecule has 0 aromatic heterocycles. The number of hydrogen-bond acceptors (Lipinski definition) is 2. The summed E-state index contributed by atoms with van der Waals surface area (Å²) in [4.78, 5) is 0. The van der Waals surface area contributed by atoms with E-state index in [-0.39, 0.29) is 4.65 Å². The fourth-order valence-electron chi connectivity index (χ4n) is 3.99. The third-order valence-electron chi connectivity index (χ3n) is 5.49. The van der Waals surface area contributed by atoms with Crippen molar-refractivity contribution in [1.82, 2.24) is 0 Å². The topological polar surface area (TPSA) is 46.2 Å². The lowest BCUT2D eigenvalue weighted by Crippen LogP contribution is -2.40. The second-order valence-corrected chi connectivity index (χ2v) is 8.99. The Morgan fingerprint density at radius 1 is 0.654 bits per heavy atom. The average Bonchev–Trinajstić information content (AvgIpc) is 2.58. The lowest BCUT2D eigenvalue weighted by Gasteiger charge is -2.25. The molecule has 0 fully saturated rings. The van der Waals surface area contributed by atoms with Gasteiger partial charge in [-0.05, 0) is 25.8 Å². The lowest BCUT2D eigenvalue weighted by atomic mass is 9.95. The molecule has 0 amide bonds. The van der Waals surface area contributed by atoms with Crippen molar-refractivity contribution in [2.24, 2.45) is 11.7 Å². The highest BCUT2D eigenvalue weighted by molar-refractivity contribution is 4.60. The minimum atomic E-state index is 0.0911. The maximum Gasteiger partial charge on any atom is 0.111 e. The summed E-state index contributed by atoms with van der Waals surface area (Å²) < 4.78 is 0.0911. The number of hydroxylamine groups is 3. The van der Waals surface area contributed by atoms with Gasteiger partial charge in [0.25, 0.3) is 0 Å². The lowest BCUT2D eigenvalue weighted by molar-refractivity contribution is -1.07. The number of nitrogens with zero attached hydrogens (tertiary/aromatic N) is 1. The molecular weight excluding hydrogens is 320 g/mol. The Labute approximate surface area is 165 Å². The molecule has 3 nitrogen and oxygen atoms in total. The molecule has 0 heterocycles. The Morgan fingerprint density at radius 3 is 1.42 bits per heavy atom. The van der Waals surface area contributed by atoms with Gasteiger partial charge in [0, 0.05) is 5.92 Å². The molecule has 0 radical (unpaired) electrons. The normalized spacial score (nSPS) is 13.3. The molecule has 0 aliphatic carbocycles. The van der Waals surface area contributed by atoms with Gasteiger partial charge >= 0.3 is 0 Å². The zero-order valence-electron chi connectivity index (χ0n) is 18.5. The van der Waals surface area contributed by atoms with Gasteiger partial charge in [0.05, 0.1) is 14.1 Å². The van der Waals surface area contributed by atoms with Gasteiger partial charge < -0.3 is 5.73 Å². The van der Waals surface area contributed by atoms with Crippen LogP contribution in [0.25, 0.3) is 0 Å². The summed E-state index contributed by atoms with van der Waals surface area (Å²) in [5.41, 5.74) is 5.65. The summed E-state index contributed by atoms with van der Waals surface area (Å²) >= 11 is 0. The molecule has 0 aliphatic rings. The summed E-state index contributed by atoms with van der Waals surface area (Å²) in [6.07, 6.45) is 23.3. The maximum atomic E-state index is 10.0. The van der Waals surface area contributed by atoms with Gasteiger partial charge in [-0.2, -0.15) is 4.65 Å². The Kier molecular flexibility index (Phi) is 18.2. The molecule has 158 valence electrons. The van der Waals surface area contributed by atoms with Gasteiger partial charge in [-0.15, -0.1) is 0 Å². The fraction of sp³-hybridized carbons (Fsp3) is 1.00. The quantitative estimate of drug-likeness (QED) is 0.142. The van der Waals surface area contributed by atoms with E-state index in [1.54, 1.807) is 0 Å². The van der Waals surface area contributed by atoms with E-state index in [0.717, 1.165) is 25.9 Å². The maximum absolute atomic E-state index is 10.0. The van der Waals surface area contributed by atoms with E-state index >= 15 is 0 Å². The Bertz CT molecular complexity index is 276. The van der Waals surface area contributed by atoms with Crippen LogP contribution in [0, 0.1) is 5.92 Å². The zero-order valence-corrected chi connectivity index (χ0v) is 18.5. The summed E-state index contributed by atoms with van der Waals surface area (Å²) in [6, 6.07) is 0. The van der Waals surface area contributed by atoms with E-state index in [0.29, 0.717) is 5.92 Å². The first kappa shape index (κ1) is 25.9. The number of rotatable bonds is 20. The van der Waals surface area contributed by atoms with Crippen LogP contribution < -0.4 is 5.73 Å². The second kappa shape index (κ2) is 18.3. The molecule has 0 spiro atoms. The molecule has 0 aliphatic heterocycles. The molecule has 0 saturated carbocycles. The van der Waals surface area contributed by atoms with E-state index in [1.165, 1.54) is 96.3 Å². The van der Waals surface area contributed by atoms with Crippen LogP contribution in [0.2, 0.25) is 0 Å². The van der Waals surface area contributed by atoms with Crippen LogP contribution in [0.3, 0.4) is 0 Å². The number of nitrogens with two attached hydrogens (primary N) is 1. The molecule has 0 aromatic carbocycles. The highest BCUT2D eigenvalue weighted by atomic mass is 16.5. The van der Waals surface area contributed by atoms with Crippen LogP contribution in [0.4, 0.5) is 0 Å². The molecule has 3 heteroatoms. The van der Waals surface area contributed by atoms with Crippen molar-refractivity contribution in [2.45, 2.75) is 116 Å². The Balaban J connectivity index is 3.41. The largest absolute Gasteiger partial charge is 0.330 e. The van der Waals surface area contributed by atoms with E-state index in [9.17, 15) is 5.21 Å². The van der Waals surface area contributed by atoms with Gasteiger partial charge in [0.15, 0.2) is 0 Å². The highest BCUT2D eigenvalue weighted by Gasteiger charge is 2.19. The molecule has 0 saturated heterocycles. The molecule has 26 heavy (non-hydrogen) atoms. The van der Waals surface area contributed by atoms with Crippen LogP contribution in [0.15, 0.2) is 0 Å². The Morgan fingerprint density at radius 2 is 1.04 bits per heavy atom. The minimum Gasteiger partial charge on any atom is -0.330 e. The molecule has 3 N–H and O–H groups in total. The van der Waals surface area contributed by atoms with Crippen LogP contribution in [0.5, 0.6) is 0 Å². The third kappa shape index (κ3) is 20.2. The molecule has 1 atom stereocenters. The summed E-state index contributed by atoms with van der Waals surface area (Å²) in [5, 5.41) is 10.0. The van der Waals surface area contributed by atoms with E-state index in [1.807, 2.05) is 14.1 Å². The first-order valence-corrected chi connectivity index (χ1v) is 11.8. The molecular formula is C23H51N2O+. The van der Waals surface area contributed by atoms with Crippen molar-refractivity contribution in [3.8, 4) is 0 Å². The third-order valence-corrected chi connectivity index (χ3v) is 5.49. The van der Waals surface area contributed by atoms with Crippen LogP contribution in [-0.2, 0) is 0 Å². The Hall–Kier alpha value is -0.120. The number of unbranched alkanes of at least 4 members (excludes halogenated alkanes) is 13. The summed E-state index contributed by atoms with van der Waals surface area (Å²) in [7, 11) is 3.75. The SMILES string of the molecule is CCCCCCCCCCCCCCCCC(CCCN)C[N+](C)(C)O. The van der Waals surface area contributed by atoms with Crippen molar-refractivity contribution < 1.29 is 9.85 Å². The van der Waals surface area contributed by atoms with Gasteiger partial charge in [-0.25, -0.2) is 5.21 Å². The standard InChI is InChI=1S/C23H51N2O/c1-4-5-6-7-8-9-10-11-12-13-14-15-16-17-19-23(20-18-21-24)22-25(2,3)26/h23,26H,4-22,24H2,1-3H3/q+1. The first-order chi connectivity index (χ1) is 12.5. The second-order valence-electron chi connectivity index (χ2n) is 8.99. The van der Waals surface area contributed by atoms with E-state index < -0.39 is 0 Å². The molecule has 1 unspecified atom stereocenters. The van der Waals surface area contributed by atoms with Gasteiger partial charge in [0.1, 0.15) is 6.54 Å². The number of hydrogen-bond donors (Lipinski definition) is 2. The van der Waals surface area contributed by atoms with Crippen molar-refractivity contribution >= 4 is 0 Å². The smallest absolute Gasteiger partial charge is 0.111 e. The van der Waals surface area contributed by atoms with Crippen LogP contribution >= 0.6 is 0 Å². The average molecular weight is 372 g/mol. The van der Waals surface area contributed by atoms with Crippen molar-refractivity contribution in [3.05, 3.63) is 0 Å². The predicted molar refractivity (Wildman–Crippen MR) is 115 cm³/mol. The van der Waals surface area contributed by atoms with E-state index in [2.05, 4.69) is 6.92 Å². The van der Waals surface area contributed by atoms with Crippen LogP contribution in [-0.4, -0.2) is 37.0 Å². The monoisotopic (exact) mass is 371 g/mol. The van der Waals surface area contributed by atoms with Crippen LogP contribution in [0.1, 0.15) is 116 Å². The van der Waals surface area contributed by atoms with Crippen molar-refractivity contribution in [2.75, 3.05) is 27.2 Å². The van der Waals surface area contributed by atoms with Crippen molar-refractivity contribution in [1.29, 1.82) is 0 Å². The zero-order chi connectivity index (χ0) is 19.5. The van der Waals surface area contributed by atoms with Gasteiger partial charge in [-0.3, -0.25) is 0 Å². The van der Waals surface area contributed by atoms with Gasteiger partial charge in [0.2, 0.25) is 0 Å². The van der Waals surface area contributed by atoms with Gasteiger partial charge in [-0.1, -0.05) is 96.8 Å². The fourth-order valence-corrected chi connectivity index (χ4v) is 3.99. The molecule has 0 rings (SSSR count). The molecule has 0 bridgehead atoms. The summed E-state index contributed by atoms with van der Waals surface area (Å²) in [5.74, 6) is 0.621. The minimum absolute atomic E-state index is 0.0911. The predicted octanol–water partition coefficient (Wildman–Crippen LogP) is 6.68. The van der Waals surface area contributed by atoms with Crippen molar-refractivity contribution in [3.63, 3.8) is 0 Å². The van der Waals surface area contributed by atoms with E-state index in [4.69, 9.17) is 5.73 Å². The first-order valence-electron chi connectivity index (χ1n) is 11.8. The summed E-state index contributed by atoms with van der Waals surface area (Å²) in [6.45, 7) is 3.92. The highest BCUT2D eigenvalue weighted by Crippen LogP contribution is 2.19.